The highest BCUT2D eigenvalue weighted by Crippen LogP contribution is 2.32. The van der Waals surface area contributed by atoms with Crippen molar-refractivity contribution in [3.63, 3.8) is 0 Å². The average Bonchev–Trinajstić information content (AvgIpc) is 2.99. The molecular weight excluding hydrogens is 699 g/mol. The van der Waals surface area contributed by atoms with E-state index in [0.29, 0.717) is 17.0 Å². The first-order chi connectivity index (χ1) is 21.9. The average molecular weight is 728 g/mol. The number of alkyl halides is 5. The summed E-state index contributed by atoms with van der Waals surface area (Å²) in [5.41, 5.74) is 3.25. The molecule has 0 aliphatic rings. The Balaban J connectivity index is 0.000000287. The molecule has 4 rings (SSSR count). The van der Waals surface area contributed by atoms with Crippen molar-refractivity contribution in [3.8, 4) is 23.3 Å². The summed E-state index contributed by atoms with van der Waals surface area (Å²) in [5.74, 6) is 0.152. The number of pyridine rings is 2. The molecule has 46 heavy (non-hydrogen) atoms. The number of aryl methyl sites for hydroxylation is 2. The minimum absolute atomic E-state index is 0.00411. The minimum atomic E-state index is -2.97. The molecule has 0 spiro atoms. The molecule has 0 atom stereocenters. The fourth-order valence-corrected chi connectivity index (χ4v) is 3.89. The zero-order valence-electron chi connectivity index (χ0n) is 24.3. The van der Waals surface area contributed by atoms with E-state index in [1.807, 2.05) is 60.7 Å². The molecule has 2 heterocycles. The highest BCUT2D eigenvalue weighted by Gasteiger charge is 2.18. The van der Waals surface area contributed by atoms with Gasteiger partial charge in [0.1, 0.15) is 24.7 Å². The van der Waals surface area contributed by atoms with Crippen LogP contribution in [0.25, 0.3) is 0 Å². The SMILES string of the molecule is Cc1cc(OC(F)F)c(CCl)c(OCc2ccccc2)n1.Cc1cc(OC(F)F)c(CO)c(OCc2ccccc2)n1.O=S(Cl)Cl. The van der Waals surface area contributed by atoms with E-state index >= 15 is 0 Å². The number of hydrogen-bond donors (Lipinski definition) is 1. The number of hydrogen-bond acceptors (Lipinski definition) is 8. The van der Waals surface area contributed by atoms with Crippen molar-refractivity contribution in [2.24, 2.45) is 0 Å². The third-order valence-corrected chi connectivity index (χ3v) is 5.77. The van der Waals surface area contributed by atoms with Crippen LogP contribution >= 0.6 is 33.0 Å². The number of aromatic nitrogens is 2. The number of aliphatic hydroxyl groups is 1. The van der Waals surface area contributed by atoms with E-state index < -0.39 is 29.1 Å². The van der Waals surface area contributed by atoms with Crippen molar-refractivity contribution in [1.82, 2.24) is 9.97 Å². The van der Waals surface area contributed by atoms with E-state index in [1.165, 1.54) is 12.1 Å². The lowest BCUT2D eigenvalue weighted by Crippen LogP contribution is -2.08. The maximum atomic E-state index is 12.4. The highest BCUT2D eigenvalue weighted by atomic mass is 36.0. The van der Waals surface area contributed by atoms with Gasteiger partial charge in [-0.15, -0.1) is 11.6 Å². The summed E-state index contributed by atoms with van der Waals surface area (Å²) in [6.07, 6.45) is 0. The molecule has 0 saturated carbocycles. The predicted molar refractivity (Wildman–Crippen MR) is 168 cm³/mol. The first-order valence-electron chi connectivity index (χ1n) is 13.1. The van der Waals surface area contributed by atoms with Crippen LogP contribution in [0.1, 0.15) is 33.6 Å². The maximum absolute atomic E-state index is 12.4. The Morgan fingerprint density at radius 2 is 1.11 bits per heavy atom. The van der Waals surface area contributed by atoms with Crippen LogP contribution < -0.4 is 18.9 Å². The van der Waals surface area contributed by atoms with Gasteiger partial charge in [-0.05, 0) is 25.0 Å². The quantitative estimate of drug-likeness (QED) is 0.0883. The summed E-state index contributed by atoms with van der Waals surface area (Å²) in [7, 11) is 7.36. The van der Waals surface area contributed by atoms with Crippen LogP contribution in [0.3, 0.4) is 0 Å². The van der Waals surface area contributed by atoms with Crippen LogP contribution in [0.2, 0.25) is 0 Å². The van der Waals surface area contributed by atoms with Gasteiger partial charge in [-0.25, -0.2) is 14.2 Å². The van der Waals surface area contributed by atoms with E-state index in [2.05, 4.69) is 40.8 Å². The summed E-state index contributed by atoms with van der Waals surface area (Å²) in [6, 6.07) is 21.5. The molecule has 16 heteroatoms. The Bertz CT molecular complexity index is 1400. The summed E-state index contributed by atoms with van der Waals surface area (Å²) in [5, 5.41) is 9.36. The molecule has 8 nitrogen and oxygen atoms in total. The molecule has 1 N–H and O–H groups in total. The van der Waals surface area contributed by atoms with Crippen molar-refractivity contribution in [3.05, 3.63) is 106 Å². The Morgan fingerprint density at radius 1 is 0.739 bits per heavy atom. The maximum Gasteiger partial charge on any atom is 0.387 e. The third-order valence-electron chi connectivity index (χ3n) is 5.51. The van der Waals surface area contributed by atoms with Gasteiger partial charge in [0.05, 0.1) is 23.6 Å². The van der Waals surface area contributed by atoms with Crippen molar-refractivity contribution in [1.29, 1.82) is 0 Å². The number of ether oxygens (including phenoxy) is 4. The lowest BCUT2D eigenvalue weighted by molar-refractivity contribution is -0.0516. The van der Waals surface area contributed by atoms with Gasteiger partial charge in [0.25, 0.3) is 0 Å². The van der Waals surface area contributed by atoms with Crippen molar-refractivity contribution >= 4 is 42.2 Å². The highest BCUT2D eigenvalue weighted by molar-refractivity contribution is 8.26. The number of halogens is 7. The smallest absolute Gasteiger partial charge is 0.387 e. The third kappa shape index (κ3) is 14.4. The second-order valence-corrected chi connectivity index (χ2v) is 11.7. The summed E-state index contributed by atoms with van der Waals surface area (Å²) in [6.45, 7) is -2.59. The molecule has 250 valence electrons. The summed E-state index contributed by atoms with van der Waals surface area (Å²) >= 11 is 5.81. The molecule has 0 saturated heterocycles. The van der Waals surface area contributed by atoms with Crippen LogP contribution in [-0.4, -0.2) is 32.5 Å². The molecule has 0 fully saturated rings. The first kappa shape index (κ1) is 38.8. The Hall–Kier alpha value is -3.36. The van der Waals surface area contributed by atoms with E-state index in [1.54, 1.807) is 13.8 Å². The summed E-state index contributed by atoms with van der Waals surface area (Å²) in [4.78, 5) is 8.32. The lowest BCUT2D eigenvalue weighted by atomic mass is 10.2. The zero-order valence-corrected chi connectivity index (χ0v) is 27.4. The van der Waals surface area contributed by atoms with Gasteiger partial charge in [0.15, 0.2) is 0 Å². The number of rotatable bonds is 12. The van der Waals surface area contributed by atoms with E-state index in [-0.39, 0.29) is 47.9 Å². The molecule has 0 aliphatic heterocycles. The zero-order chi connectivity index (χ0) is 34.1. The van der Waals surface area contributed by atoms with Crippen molar-refractivity contribution in [2.75, 3.05) is 0 Å². The number of nitrogens with zero attached hydrogens (tertiary/aromatic N) is 2. The molecule has 0 aliphatic carbocycles. The second-order valence-electron chi connectivity index (χ2n) is 8.87. The Labute approximate surface area is 279 Å². The monoisotopic (exact) mass is 726 g/mol. The topological polar surface area (TPSA) is 100 Å². The van der Waals surface area contributed by atoms with Crippen LogP contribution in [0.4, 0.5) is 17.6 Å². The van der Waals surface area contributed by atoms with Gasteiger partial charge >= 0.3 is 13.2 Å². The van der Waals surface area contributed by atoms with Crippen LogP contribution in [0, 0.1) is 13.8 Å². The predicted octanol–water partition coefficient (Wildman–Crippen LogP) is 8.41. The second kappa shape index (κ2) is 20.7. The van der Waals surface area contributed by atoms with Gasteiger partial charge < -0.3 is 24.1 Å². The molecular formula is C30H29Cl3F4N2O6S. The Morgan fingerprint density at radius 3 is 1.46 bits per heavy atom. The van der Waals surface area contributed by atoms with Gasteiger partial charge in [0, 0.05) is 44.9 Å². The molecule has 0 unspecified atom stereocenters. The van der Waals surface area contributed by atoms with Gasteiger partial charge in [-0.1, -0.05) is 60.7 Å². The molecule has 0 amide bonds. The molecule has 0 bridgehead atoms. The number of benzene rings is 2. The van der Waals surface area contributed by atoms with Crippen LogP contribution in [0.15, 0.2) is 72.8 Å². The lowest BCUT2D eigenvalue weighted by Gasteiger charge is -2.14. The van der Waals surface area contributed by atoms with E-state index in [9.17, 15) is 22.7 Å². The fraction of sp³-hybridized carbons (Fsp3) is 0.267. The Kier molecular flexibility index (Phi) is 17.5. The molecule has 2 aromatic carbocycles. The van der Waals surface area contributed by atoms with Gasteiger partial charge in [-0.2, -0.15) is 17.6 Å². The minimum Gasteiger partial charge on any atom is -0.472 e. The van der Waals surface area contributed by atoms with Crippen molar-refractivity contribution < 1.29 is 45.8 Å². The fourth-order valence-electron chi connectivity index (χ4n) is 3.65. The summed E-state index contributed by atoms with van der Waals surface area (Å²) < 4.78 is 78.7. The standard InChI is InChI=1S/C15H14ClF2NO2.C15H15F2NO3.Cl2OS/c1-10-7-13(21-15(17)18)12(8-16)14(19-10)20-9-11-5-3-2-4-6-11;1-10-7-13(21-15(16)17)12(8-19)14(18-10)20-9-11-5-3-2-4-6-11;1-4(2)3/h2-7,15H,8-9H2,1H3;2-7,15,19H,8-9H2,1H3;. The molecule has 2 aromatic heterocycles. The van der Waals surface area contributed by atoms with Crippen LogP contribution in [-0.2, 0) is 34.9 Å². The van der Waals surface area contributed by atoms with Crippen LogP contribution in [0.5, 0.6) is 23.3 Å². The largest absolute Gasteiger partial charge is 0.472 e. The van der Waals surface area contributed by atoms with Crippen molar-refractivity contribution in [2.45, 2.75) is 52.8 Å². The van der Waals surface area contributed by atoms with Gasteiger partial charge in [-0.3, -0.25) is 0 Å². The van der Waals surface area contributed by atoms with E-state index in [4.69, 9.17) is 25.3 Å². The first-order valence-corrected chi connectivity index (χ1v) is 16.4. The molecule has 4 aromatic rings. The normalized spacial score (nSPS) is 10.5. The number of aliphatic hydroxyl groups excluding tert-OH is 1. The molecule has 0 radical (unpaired) electrons. The van der Waals surface area contributed by atoms with Gasteiger partial charge in [0.2, 0.25) is 21.0 Å². The van der Waals surface area contributed by atoms with E-state index in [0.717, 1.165) is 11.1 Å².